The molecular weight excluding hydrogens is 201 g/mol. The van der Waals surface area contributed by atoms with Crippen LogP contribution in [0.4, 0.5) is 4.39 Å². The standard InChI is InChI=1S/C9H12FN3O2/c1-6(13-15-5-9(11)14)8-3-2-7(10)4-12-8/h2-4,6,13H,5H2,1H3,(H2,11,14). The summed E-state index contributed by atoms with van der Waals surface area (Å²) >= 11 is 0. The van der Waals surface area contributed by atoms with Crippen molar-refractivity contribution >= 4 is 5.91 Å². The lowest BCUT2D eigenvalue weighted by Gasteiger charge is -2.11. The van der Waals surface area contributed by atoms with Crippen LogP contribution in [0.5, 0.6) is 0 Å². The van der Waals surface area contributed by atoms with Crippen molar-refractivity contribution in [2.24, 2.45) is 5.73 Å². The van der Waals surface area contributed by atoms with Crippen LogP contribution < -0.4 is 11.2 Å². The molecule has 1 amide bonds. The number of hydroxylamine groups is 1. The summed E-state index contributed by atoms with van der Waals surface area (Å²) in [6.45, 7) is 1.55. The van der Waals surface area contributed by atoms with E-state index in [1.807, 2.05) is 0 Å². The highest BCUT2D eigenvalue weighted by Gasteiger charge is 2.06. The van der Waals surface area contributed by atoms with Crippen molar-refractivity contribution in [3.63, 3.8) is 0 Å². The number of nitrogens with two attached hydrogens (primary N) is 1. The molecule has 6 heteroatoms. The molecule has 0 aliphatic heterocycles. The number of carbonyl (C=O) groups is 1. The zero-order valence-corrected chi connectivity index (χ0v) is 8.24. The number of primary amides is 1. The van der Waals surface area contributed by atoms with Gasteiger partial charge in [0.2, 0.25) is 5.91 Å². The number of rotatable bonds is 5. The minimum Gasteiger partial charge on any atom is -0.368 e. The molecule has 0 bridgehead atoms. The van der Waals surface area contributed by atoms with Crippen LogP contribution in [0.25, 0.3) is 0 Å². The monoisotopic (exact) mass is 213 g/mol. The van der Waals surface area contributed by atoms with E-state index in [0.29, 0.717) is 5.69 Å². The highest BCUT2D eigenvalue weighted by atomic mass is 19.1. The first kappa shape index (κ1) is 11.5. The minimum atomic E-state index is -0.568. The van der Waals surface area contributed by atoms with Gasteiger partial charge < -0.3 is 5.73 Å². The maximum absolute atomic E-state index is 12.5. The SMILES string of the molecule is CC(NOCC(N)=O)c1ccc(F)cn1. The van der Waals surface area contributed by atoms with Crippen LogP contribution in [-0.2, 0) is 9.63 Å². The van der Waals surface area contributed by atoms with Gasteiger partial charge in [-0.1, -0.05) is 0 Å². The number of halogens is 1. The van der Waals surface area contributed by atoms with Crippen LogP contribution in [0.15, 0.2) is 18.3 Å². The number of amides is 1. The fraction of sp³-hybridized carbons (Fsp3) is 0.333. The van der Waals surface area contributed by atoms with E-state index < -0.39 is 11.7 Å². The number of pyridine rings is 1. The molecule has 1 rings (SSSR count). The first-order valence-electron chi connectivity index (χ1n) is 4.36. The Morgan fingerprint density at radius 3 is 3.00 bits per heavy atom. The number of hydrogen-bond acceptors (Lipinski definition) is 4. The van der Waals surface area contributed by atoms with E-state index in [9.17, 15) is 9.18 Å². The molecular formula is C9H12FN3O2. The summed E-state index contributed by atoms with van der Waals surface area (Å²) in [5.74, 6) is -0.967. The van der Waals surface area contributed by atoms with Crippen molar-refractivity contribution < 1.29 is 14.0 Å². The van der Waals surface area contributed by atoms with E-state index >= 15 is 0 Å². The van der Waals surface area contributed by atoms with Crippen molar-refractivity contribution in [3.8, 4) is 0 Å². The Labute approximate surface area is 86.4 Å². The highest BCUT2D eigenvalue weighted by Crippen LogP contribution is 2.08. The molecule has 0 saturated heterocycles. The van der Waals surface area contributed by atoms with Gasteiger partial charge in [0.05, 0.1) is 17.9 Å². The van der Waals surface area contributed by atoms with Crippen LogP contribution in [0.2, 0.25) is 0 Å². The molecule has 82 valence electrons. The molecule has 0 aromatic carbocycles. The summed E-state index contributed by atoms with van der Waals surface area (Å²) in [7, 11) is 0. The Hall–Kier alpha value is -1.53. The van der Waals surface area contributed by atoms with Gasteiger partial charge in [0, 0.05) is 0 Å². The van der Waals surface area contributed by atoms with Crippen molar-refractivity contribution in [3.05, 3.63) is 29.8 Å². The lowest BCUT2D eigenvalue weighted by Crippen LogP contribution is -2.27. The molecule has 1 aromatic heterocycles. The summed E-state index contributed by atoms with van der Waals surface area (Å²) in [5, 5.41) is 0. The molecule has 1 aromatic rings. The van der Waals surface area contributed by atoms with Gasteiger partial charge in [-0.15, -0.1) is 0 Å². The zero-order chi connectivity index (χ0) is 11.3. The van der Waals surface area contributed by atoms with Crippen molar-refractivity contribution in [2.75, 3.05) is 6.61 Å². The van der Waals surface area contributed by atoms with Crippen LogP contribution in [0, 0.1) is 5.82 Å². The van der Waals surface area contributed by atoms with E-state index in [0.717, 1.165) is 6.20 Å². The van der Waals surface area contributed by atoms with Crippen LogP contribution in [0.3, 0.4) is 0 Å². The molecule has 1 heterocycles. The molecule has 5 nitrogen and oxygen atoms in total. The van der Waals surface area contributed by atoms with E-state index in [2.05, 4.69) is 10.5 Å². The summed E-state index contributed by atoms with van der Waals surface area (Å²) in [5.41, 5.74) is 8.04. The molecule has 0 spiro atoms. The van der Waals surface area contributed by atoms with Gasteiger partial charge in [0.25, 0.3) is 0 Å². The lowest BCUT2D eigenvalue weighted by molar-refractivity contribution is -0.126. The molecule has 15 heavy (non-hydrogen) atoms. The van der Waals surface area contributed by atoms with E-state index in [1.54, 1.807) is 6.92 Å². The average molecular weight is 213 g/mol. The van der Waals surface area contributed by atoms with Crippen LogP contribution in [-0.4, -0.2) is 17.5 Å². The summed E-state index contributed by atoms with van der Waals surface area (Å²) in [6.07, 6.45) is 1.11. The van der Waals surface area contributed by atoms with E-state index in [4.69, 9.17) is 10.6 Å². The quantitative estimate of drug-likeness (QED) is 0.689. The molecule has 0 aliphatic carbocycles. The Morgan fingerprint density at radius 1 is 1.73 bits per heavy atom. The summed E-state index contributed by atoms with van der Waals surface area (Å²) in [4.78, 5) is 19.0. The number of nitrogens with one attached hydrogen (secondary N) is 1. The van der Waals surface area contributed by atoms with Gasteiger partial charge in [-0.25, -0.2) is 4.39 Å². The number of aromatic nitrogens is 1. The van der Waals surface area contributed by atoms with Gasteiger partial charge in [-0.05, 0) is 19.1 Å². The summed E-state index contributed by atoms with van der Waals surface area (Å²) < 4.78 is 12.5. The Balaban J connectivity index is 2.43. The Bertz CT molecular complexity index is 329. The maximum Gasteiger partial charge on any atom is 0.245 e. The predicted octanol–water partition coefficient (Wildman–Crippen LogP) is 0.288. The van der Waals surface area contributed by atoms with Gasteiger partial charge in [0.15, 0.2) is 0 Å². The van der Waals surface area contributed by atoms with Crippen LogP contribution in [0.1, 0.15) is 18.7 Å². The number of nitrogens with zero attached hydrogens (tertiary/aromatic N) is 1. The lowest BCUT2D eigenvalue weighted by atomic mass is 10.2. The Morgan fingerprint density at radius 2 is 2.47 bits per heavy atom. The van der Waals surface area contributed by atoms with E-state index in [1.165, 1.54) is 12.1 Å². The molecule has 0 fully saturated rings. The minimum absolute atomic E-state index is 0.217. The maximum atomic E-state index is 12.5. The molecule has 1 unspecified atom stereocenters. The number of hydrogen-bond donors (Lipinski definition) is 2. The fourth-order valence-electron chi connectivity index (χ4n) is 0.942. The van der Waals surface area contributed by atoms with Gasteiger partial charge in [-0.3, -0.25) is 14.6 Å². The molecule has 0 aliphatic rings. The average Bonchev–Trinajstić information content (AvgIpc) is 2.18. The van der Waals surface area contributed by atoms with Crippen molar-refractivity contribution in [1.82, 2.24) is 10.5 Å². The third kappa shape index (κ3) is 4.01. The second kappa shape index (κ2) is 5.38. The Kier molecular flexibility index (Phi) is 4.14. The predicted molar refractivity (Wildman–Crippen MR) is 50.9 cm³/mol. The fourth-order valence-corrected chi connectivity index (χ4v) is 0.942. The largest absolute Gasteiger partial charge is 0.368 e. The van der Waals surface area contributed by atoms with Crippen molar-refractivity contribution in [1.29, 1.82) is 0 Å². The van der Waals surface area contributed by atoms with Crippen LogP contribution >= 0.6 is 0 Å². The number of carbonyl (C=O) groups excluding carboxylic acids is 1. The van der Waals surface area contributed by atoms with Gasteiger partial charge in [0.1, 0.15) is 12.4 Å². The molecule has 0 radical (unpaired) electrons. The van der Waals surface area contributed by atoms with Gasteiger partial charge >= 0.3 is 0 Å². The topological polar surface area (TPSA) is 77.2 Å². The third-order valence-corrected chi connectivity index (χ3v) is 1.67. The first-order valence-corrected chi connectivity index (χ1v) is 4.36. The van der Waals surface area contributed by atoms with Gasteiger partial charge in [-0.2, -0.15) is 5.48 Å². The molecule has 1 atom stereocenters. The second-order valence-corrected chi connectivity index (χ2v) is 3.00. The molecule has 3 N–H and O–H groups in total. The normalized spacial score (nSPS) is 12.4. The summed E-state index contributed by atoms with van der Waals surface area (Å²) in [6, 6.07) is 2.58. The molecule has 0 saturated carbocycles. The zero-order valence-electron chi connectivity index (χ0n) is 8.24. The third-order valence-electron chi connectivity index (χ3n) is 1.67. The second-order valence-electron chi connectivity index (χ2n) is 3.00. The first-order chi connectivity index (χ1) is 7.09. The highest BCUT2D eigenvalue weighted by molar-refractivity contribution is 5.74. The smallest absolute Gasteiger partial charge is 0.245 e. The van der Waals surface area contributed by atoms with E-state index in [-0.39, 0.29) is 12.6 Å². The van der Waals surface area contributed by atoms with Crippen molar-refractivity contribution in [2.45, 2.75) is 13.0 Å².